The summed E-state index contributed by atoms with van der Waals surface area (Å²) in [5.41, 5.74) is 23.5. The van der Waals surface area contributed by atoms with Crippen LogP contribution in [0.5, 0.6) is 0 Å². The minimum Gasteiger partial charge on any atom is -0.455 e. The van der Waals surface area contributed by atoms with Crippen LogP contribution in [0.1, 0.15) is 49.9 Å². The van der Waals surface area contributed by atoms with Crippen molar-refractivity contribution in [3.05, 3.63) is 229 Å². The Balaban J connectivity index is 0.000000143. The van der Waals surface area contributed by atoms with Gasteiger partial charge in [-0.05, 0) is 133 Å². The summed E-state index contributed by atoms with van der Waals surface area (Å²) in [5.74, 6) is 0. The highest BCUT2D eigenvalue weighted by molar-refractivity contribution is 6.13. The zero-order valence-corrected chi connectivity index (χ0v) is 38.3. The maximum atomic E-state index is 6.54. The molecule has 14 rings (SSSR count). The fourth-order valence-electron chi connectivity index (χ4n) is 11.2. The predicted octanol–water partition coefficient (Wildman–Crippen LogP) is 17.2. The Morgan fingerprint density at radius 1 is 0.324 bits per heavy atom. The zero-order valence-electron chi connectivity index (χ0n) is 38.3. The monoisotopic (exact) mass is 874 g/mol. The Labute approximate surface area is 395 Å². The van der Waals surface area contributed by atoms with Crippen molar-refractivity contribution in [3.63, 3.8) is 0 Å². The van der Waals surface area contributed by atoms with Gasteiger partial charge in [-0.15, -0.1) is 0 Å². The Bertz CT molecular complexity index is 3900. The van der Waals surface area contributed by atoms with Crippen LogP contribution in [-0.2, 0) is 10.8 Å². The second kappa shape index (κ2) is 15.1. The van der Waals surface area contributed by atoms with Crippen molar-refractivity contribution < 1.29 is 8.83 Å². The highest BCUT2D eigenvalue weighted by Gasteiger charge is 2.39. The largest absolute Gasteiger partial charge is 0.455 e. The fraction of sp³-hybridized carbons (Fsp3) is 0.0938. The fourth-order valence-corrected chi connectivity index (χ4v) is 11.2. The molecule has 68 heavy (non-hydrogen) atoms. The minimum absolute atomic E-state index is 0.0503. The van der Waals surface area contributed by atoms with Gasteiger partial charge in [-0.2, -0.15) is 0 Å². The van der Waals surface area contributed by atoms with E-state index in [0.717, 1.165) is 33.5 Å². The number of furan rings is 2. The van der Waals surface area contributed by atoms with Crippen molar-refractivity contribution in [2.75, 3.05) is 0 Å². The van der Waals surface area contributed by atoms with Crippen LogP contribution in [0.15, 0.2) is 216 Å². The number of aromatic nitrogens is 2. The van der Waals surface area contributed by atoms with Crippen molar-refractivity contribution in [3.8, 4) is 66.8 Å². The normalized spacial score (nSPS) is 13.8. The van der Waals surface area contributed by atoms with Crippen LogP contribution in [0.4, 0.5) is 0 Å². The Morgan fingerprint density at radius 3 is 1.31 bits per heavy atom. The lowest BCUT2D eigenvalue weighted by Gasteiger charge is -2.21. The summed E-state index contributed by atoms with van der Waals surface area (Å²) in [6, 6.07) is 65.2. The van der Waals surface area contributed by atoms with E-state index in [0.29, 0.717) is 0 Å². The highest BCUT2D eigenvalue weighted by atomic mass is 16.3. The van der Waals surface area contributed by atoms with Crippen molar-refractivity contribution in [1.82, 2.24) is 9.97 Å². The van der Waals surface area contributed by atoms with E-state index in [1.807, 2.05) is 43.0 Å². The van der Waals surface area contributed by atoms with Gasteiger partial charge in [0, 0.05) is 73.9 Å². The summed E-state index contributed by atoms with van der Waals surface area (Å²) in [6.07, 6.45) is 7.45. The molecule has 0 N–H and O–H groups in total. The molecular weight excluding hydrogens is 829 g/mol. The van der Waals surface area contributed by atoms with Crippen molar-refractivity contribution in [1.29, 1.82) is 0 Å². The molecule has 0 aliphatic heterocycles. The number of hydrogen-bond donors (Lipinski definition) is 0. The van der Waals surface area contributed by atoms with E-state index >= 15 is 0 Å². The molecule has 4 aromatic heterocycles. The van der Waals surface area contributed by atoms with Gasteiger partial charge in [0.2, 0.25) is 0 Å². The van der Waals surface area contributed by atoms with Gasteiger partial charge >= 0.3 is 0 Å². The predicted molar refractivity (Wildman–Crippen MR) is 280 cm³/mol. The Morgan fingerprint density at radius 2 is 0.779 bits per heavy atom. The molecule has 12 aromatic rings. The molecule has 0 saturated carbocycles. The first kappa shape index (κ1) is 40.0. The lowest BCUT2D eigenvalue weighted by molar-refractivity contribution is 0.653. The molecule has 0 saturated heterocycles. The number of fused-ring (bicyclic) bond motifs is 14. The molecule has 0 atom stereocenters. The van der Waals surface area contributed by atoms with E-state index in [1.54, 1.807) is 0 Å². The number of para-hydroxylation sites is 2. The average molecular weight is 875 g/mol. The second-order valence-corrected chi connectivity index (χ2v) is 19.3. The van der Waals surface area contributed by atoms with E-state index < -0.39 is 0 Å². The zero-order chi connectivity index (χ0) is 45.7. The third-order valence-corrected chi connectivity index (χ3v) is 14.7. The summed E-state index contributed by atoms with van der Waals surface area (Å²) in [4.78, 5) is 8.53. The van der Waals surface area contributed by atoms with Crippen LogP contribution in [0.2, 0.25) is 0 Å². The Hall–Kier alpha value is -8.34. The molecule has 0 radical (unpaired) electrons. The van der Waals surface area contributed by atoms with Gasteiger partial charge in [0.05, 0.1) is 0 Å². The summed E-state index contributed by atoms with van der Waals surface area (Å²) >= 11 is 0. The molecule has 0 unspecified atom stereocenters. The van der Waals surface area contributed by atoms with Crippen molar-refractivity contribution >= 4 is 43.9 Å². The molecule has 0 amide bonds. The van der Waals surface area contributed by atoms with Crippen LogP contribution in [-0.4, -0.2) is 9.97 Å². The lowest BCUT2D eigenvalue weighted by Crippen LogP contribution is -2.14. The van der Waals surface area contributed by atoms with E-state index in [1.165, 1.54) is 99.4 Å². The standard InChI is InChI=1S/C38H27NO.C26H19NO/c1-38(2)33-14-12-26(23-32(33)36-34(38)15-13-31-30-10-6-7-11-35(30)40-37(31)36)29-21-27(24-8-4-3-5-9-24)20-28(22-29)25-16-18-39-19-17-25;1-26(2)21-11-9-16(17-6-5-13-27-15-17)14-20(21)24-22(26)12-10-19-18-7-3-4-8-23(18)28-25(19)24/h3-23H,1-2H3;3-15H,1-2H3. The van der Waals surface area contributed by atoms with Crippen molar-refractivity contribution in [2.24, 2.45) is 0 Å². The molecule has 2 aliphatic rings. The lowest BCUT2D eigenvalue weighted by atomic mass is 9.82. The molecule has 0 bridgehead atoms. The number of pyridine rings is 2. The molecule has 0 fully saturated rings. The minimum atomic E-state index is -0.107. The van der Waals surface area contributed by atoms with Gasteiger partial charge in [0.25, 0.3) is 0 Å². The first-order valence-corrected chi connectivity index (χ1v) is 23.4. The quantitative estimate of drug-likeness (QED) is 0.177. The van der Waals surface area contributed by atoms with E-state index in [9.17, 15) is 0 Å². The molecule has 4 heterocycles. The molecule has 2 aliphatic carbocycles. The topological polar surface area (TPSA) is 52.1 Å². The molecule has 324 valence electrons. The first-order valence-electron chi connectivity index (χ1n) is 23.4. The van der Waals surface area contributed by atoms with Gasteiger partial charge < -0.3 is 8.83 Å². The SMILES string of the molecule is CC1(C)c2ccc(-c3cc(-c4ccccc4)cc(-c4ccncc4)c3)cc2-c2c1ccc1c2oc2ccccc21.CC1(C)c2ccc(-c3cccnc3)cc2-c2c1ccc1c2oc2ccccc21. The maximum Gasteiger partial charge on any atom is 0.143 e. The number of rotatable bonds is 4. The van der Waals surface area contributed by atoms with Gasteiger partial charge in [-0.3, -0.25) is 9.97 Å². The summed E-state index contributed by atoms with van der Waals surface area (Å²) in [7, 11) is 0. The molecular formula is C64H46N2O2. The van der Waals surface area contributed by atoms with Crippen LogP contribution >= 0.6 is 0 Å². The molecule has 8 aromatic carbocycles. The van der Waals surface area contributed by atoms with Gasteiger partial charge in [-0.25, -0.2) is 0 Å². The van der Waals surface area contributed by atoms with E-state index in [2.05, 4.69) is 201 Å². The van der Waals surface area contributed by atoms with Crippen LogP contribution in [0.3, 0.4) is 0 Å². The molecule has 4 nitrogen and oxygen atoms in total. The molecule has 0 spiro atoms. The van der Waals surface area contributed by atoms with Gasteiger partial charge in [0.15, 0.2) is 0 Å². The van der Waals surface area contributed by atoms with Crippen LogP contribution in [0.25, 0.3) is 111 Å². The Kier molecular flexibility index (Phi) is 8.88. The van der Waals surface area contributed by atoms with E-state index in [4.69, 9.17) is 8.83 Å². The average Bonchev–Trinajstić information content (AvgIpc) is 4.09. The first-order chi connectivity index (χ1) is 33.2. The smallest absolute Gasteiger partial charge is 0.143 e. The number of benzene rings is 8. The summed E-state index contributed by atoms with van der Waals surface area (Å²) in [5, 5.41) is 4.70. The number of hydrogen-bond acceptors (Lipinski definition) is 4. The van der Waals surface area contributed by atoms with Crippen LogP contribution < -0.4 is 0 Å². The van der Waals surface area contributed by atoms with Crippen molar-refractivity contribution in [2.45, 2.75) is 38.5 Å². The van der Waals surface area contributed by atoms with E-state index in [-0.39, 0.29) is 10.8 Å². The number of nitrogens with zero attached hydrogens (tertiary/aromatic N) is 2. The maximum absolute atomic E-state index is 6.54. The third-order valence-electron chi connectivity index (χ3n) is 14.7. The summed E-state index contributed by atoms with van der Waals surface area (Å²) < 4.78 is 12.9. The van der Waals surface area contributed by atoms with Gasteiger partial charge in [0.1, 0.15) is 22.3 Å². The summed E-state index contributed by atoms with van der Waals surface area (Å²) in [6.45, 7) is 9.25. The van der Waals surface area contributed by atoms with Gasteiger partial charge in [-0.1, -0.05) is 149 Å². The molecule has 4 heteroatoms. The third kappa shape index (κ3) is 6.14. The highest BCUT2D eigenvalue weighted by Crippen LogP contribution is 2.55. The van der Waals surface area contributed by atoms with Crippen LogP contribution in [0, 0.1) is 0 Å². The second-order valence-electron chi connectivity index (χ2n) is 19.3.